The average molecular weight is 408 g/mol. The molecule has 0 saturated carbocycles. The summed E-state index contributed by atoms with van der Waals surface area (Å²) in [5.41, 5.74) is 0.239. The molecular formula is C16H10Cl2F3NO4. The Hall–Kier alpha value is -2.45. The van der Waals surface area contributed by atoms with Gasteiger partial charge in [-0.25, -0.2) is 4.79 Å². The molecule has 0 saturated heterocycles. The molecule has 2 rings (SSSR count). The summed E-state index contributed by atoms with van der Waals surface area (Å²) in [5.74, 6) is -1.94. The molecule has 0 aliphatic heterocycles. The Kier molecular flexibility index (Phi) is 6.33. The lowest BCUT2D eigenvalue weighted by molar-refractivity contribution is -0.274. The second-order valence-electron chi connectivity index (χ2n) is 4.82. The quantitative estimate of drug-likeness (QED) is 0.730. The van der Waals surface area contributed by atoms with Gasteiger partial charge in [-0.1, -0.05) is 23.2 Å². The van der Waals surface area contributed by atoms with Crippen molar-refractivity contribution < 1.29 is 32.2 Å². The Morgan fingerprint density at radius 3 is 2.27 bits per heavy atom. The van der Waals surface area contributed by atoms with E-state index in [2.05, 4.69) is 10.1 Å². The molecule has 0 heterocycles. The van der Waals surface area contributed by atoms with Crippen molar-refractivity contribution in [3.63, 3.8) is 0 Å². The smallest absolute Gasteiger partial charge is 0.452 e. The Balaban J connectivity index is 1.87. The largest absolute Gasteiger partial charge is 0.573 e. The highest BCUT2D eigenvalue weighted by Crippen LogP contribution is 2.24. The molecule has 0 aliphatic carbocycles. The van der Waals surface area contributed by atoms with Crippen molar-refractivity contribution in [2.75, 3.05) is 11.9 Å². The van der Waals surface area contributed by atoms with E-state index in [4.69, 9.17) is 27.9 Å². The van der Waals surface area contributed by atoms with Crippen LogP contribution in [-0.4, -0.2) is 24.8 Å². The number of carbonyl (C=O) groups excluding carboxylic acids is 2. The van der Waals surface area contributed by atoms with Gasteiger partial charge in [-0.05, 0) is 42.5 Å². The van der Waals surface area contributed by atoms with Crippen molar-refractivity contribution in [3.8, 4) is 5.75 Å². The monoisotopic (exact) mass is 407 g/mol. The molecule has 10 heteroatoms. The highest BCUT2D eigenvalue weighted by atomic mass is 35.5. The number of nitrogens with one attached hydrogen (secondary N) is 1. The van der Waals surface area contributed by atoms with Gasteiger partial charge in [0.15, 0.2) is 6.61 Å². The molecule has 26 heavy (non-hydrogen) atoms. The highest BCUT2D eigenvalue weighted by Gasteiger charge is 2.30. The van der Waals surface area contributed by atoms with E-state index in [1.807, 2.05) is 0 Å². The van der Waals surface area contributed by atoms with E-state index in [1.54, 1.807) is 0 Å². The summed E-state index contributed by atoms with van der Waals surface area (Å²) in [6, 6.07) is 8.61. The summed E-state index contributed by atoms with van der Waals surface area (Å²) in [6.45, 7) is -0.613. The second kappa shape index (κ2) is 8.29. The van der Waals surface area contributed by atoms with Crippen LogP contribution in [0.5, 0.6) is 5.75 Å². The van der Waals surface area contributed by atoms with E-state index < -0.39 is 30.6 Å². The Morgan fingerprint density at radius 2 is 1.69 bits per heavy atom. The molecule has 0 radical (unpaired) electrons. The topological polar surface area (TPSA) is 64.6 Å². The van der Waals surface area contributed by atoms with Gasteiger partial charge in [-0.15, -0.1) is 13.2 Å². The molecule has 0 fully saturated rings. The van der Waals surface area contributed by atoms with E-state index in [0.717, 1.165) is 12.1 Å². The maximum atomic E-state index is 12.1. The molecule has 2 aromatic carbocycles. The van der Waals surface area contributed by atoms with E-state index >= 15 is 0 Å². The molecule has 138 valence electrons. The molecular weight excluding hydrogens is 398 g/mol. The normalized spacial score (nSPS) is 11.0. The number of carbonyl (C=O) groups is 2. The highest BCUT2D eigenvalue weighted by molar-refractivity contribution is 6.36. The van der Waals surface area contributed by atoms with Crippen molar-refractivity contribution >= 4 is 40.8 Å². The van der Waals surface area contributed by atoms with Crippen molar-refractivity contribution in [2.24, 2.45) is 0 Å². The minimum absolute atomic E-state index is 0.0394. The van der Waals surface area contributed by atoms with E-state index in [9.17, 15) is 22.8 Å². The lowest BCUT2D eigenvalue weighted by Gasteiger charge is -2.10. The number of anilines is 1. The third kappa shape index (κ3) is 6.12. The van der Waals surface area contributed by atoms with Gasteiger partial charge < -0.3 is 14.8 Å². The molecule has 0 aliphatic rings. The van der Waals surface area contributed by atoms with Gasteiger partial charge in [0.1, 0.15) is 5.75 Å². The van der Waals surface area contributed by atoms with Gasteiger partial charge in [0.2, 0.25) is 0 Å². The molecule has 2 aromatic rings. The number of halogens is 5. The van der Waals surface area contributed by atoms with Crippen LogP contribution >= 0.6 is 23.2 Å². The summed E-state index contributed by atoms with van der Waals surface area (Å²) < 4.78 is 44.7. The molecule has 1 amide bonds. The summed E-state index contributed by atoms with van der Waals surface area (Å²) in [7, 11) is 0. The van der Waals surface area contributed by atoms with Crippen molar-refractivity contribution in [1.29, 1.82) is 0 Å². The standard InChI is InChI=1S/C16H10Cl2F3NO4/c17-9-1-6-12(13(18)7-9)15(24)25-8-14(23)22-10-2-4-11(5-3-10)26-16(19,20)21/h1-7H,8H2,(H,22,23). The Bertz CT molecular complexity index is 810. The van der Waals surface area contributed by atoms with Crippen LogP contribution in [0, 0.1) is 0 Å². The summed E-state index contributed by atoms with van der Waals surface area (Å²) in [4.78, 5) is 23.6. The Labute approximate surface area is 155 Å². The lowest BCUT2D eigenvalue weighted by Crippen LogP contribution is -2.21. The third-order valence-electron chi connectivity index (χ3n) is 2.86. The number of esters is 1. The number of rotatable bonds is 5. The first-order valence-electron chi connectivity index (χ1n) is 6.92. The minimum Gasteiger partial charge on any atom is -0.452 e. The number of hydrogen-bond acceptors (Lipinski definition) is 4. The predicted octanol–water partition coefficient (Wildman–Crippen LogP) is 4.69. The van der Waals surface area contributed by atoms with Gasteiger partial charge >= 0.3 is 12.3 Å². The third-order valence-corrected chi connectivity index (χ3v) is 3.40. The zero-order valence-corrected chi connectivity index (χ0v) is 14.3. The van der Waals surface area contributed by atoms with Crippen LogP contribution in [0.15, 0.2) is 42.5 Å². The van der Waals surface area contributed by atoms with Crippen molar-refractivity contribution in [1.82, 2.24) is 0 Å². The van der Waals surface area contributed by atoms with Gasteiger partial charge in [0.05, 0.1) is 10.6 Å². The van der Waals surface area contributed by atoms with Crippen LogP contribution in [0.25, 0.3) is 0 Å². The van der Waals surface area contributed by atoms with E-state index in [1.165, 1.54) is 30.3 Å². The zero-order valence-electron chi connectivity index (χ0n) is 12.8. The zero-order chi connectivity index (χ0) is 19.3. The number of amides is 1. The summed E-state index contributed by atoms with van der Waals surface area (Å²) >= 11 is 11.6. The van der Waals surface area contributed by atoms with Crippen LogP contribution in [-0.2, 0) is 9.53 Å². The summed E-state index contributed by atoms with van der Waals surface area (Å²) in [6.07, 6.45) is -4.80. The van der Waals surface area contributed by atoms with Gasteiger partial charge in [0.25, 0.3) is 5.91 Å². The van der Waals surface area contributed by atoms with Crippen LogP contribution in [0.3, 0.4) is 0 Å². The molecule has 0 unspecified atom stereocenters. The average Bonchev–Trinajstić information content (AvgIpc) is 2.53. The Morgan fingerprint density at radius 1 is 1.04 bits per heavy atom. The lowest BCUT2D eigenvalue weighted by atomic mass is 10.2. The van der Waals surface area contributed by atoms with Crippen LogP contribution < -0.4 is 10.1 Å². The van der Waals surface area contributed by atoms with Crippen LogP contribution in [0.4, 0.5) is 18.9 Å². The SMILES string of the molecule is O=C(COC(=O)c1ccc(Cl)cc1Cl)Nc1ccc(OC(F)(F)F)cc1. The first-order chi connectivity index (χ1) is 12.1. The molecule has 5 nitrogen and oxygen atoms in total. The molecule has 0 aromatic heterocycles. The number of benzene rings is 2. The number of hydrogen-bond donors (Lipinski definition) is 1. The molecule has 0 bridgehead atoms. The second-order valence-corrected chi connectivity index (χ2v) is 5.66. The van der Waals surface area contributed by atoms with Crippen LogP contribution in [0.1, 0.15) is 10.4 Å². The number of alkyl halides is 3. The fourth-order valence-corrected chi connectivity index (χ4v) is 2.29. The number of ether oxygens (including phenoxy) is 2. The van der Waals surface area contributed by atoms with Crippen molar-refractivity contribution in [2.45, 2.75) is 6.36 Å². The van der Waals surface area contributed by atoms with E-state index in [0.29, 0.717) is 5.02 Å². The molecule has 1 N–H and O–H groups in total. The minimum atomic E-state index is -4.80. The fourth-order valence-electron chi connectivity index (χ4n) is 1.80. The fraction of sp³-hybridized carbons (Fsp3) is 0.125. The van der Waals surface area contributed by atoms with Crippen molar-refractivity contribution in [3.05, 3.63) is 58.1 Å². The van der Waals surface area contributed by atoms with Gasteiger partial charge in [-0.2, -0.15) is 0 Å². The first-order valence-corrected chi connectivity index (χ1v) is 7.67. The van der Waals surface area contributed by atoms with Gasteiger partial charge in [-0.3, -0.25) is 4.79 Å². The molecule has 0 spiro atoms. The maximum absolute atomic E-state index is 12.1. The predicted molar refractivity (Wildman–Crippen MR) is 88.5 cm³/mol. The first kappa shape index (κ1) is 19.9. The van der Waals surface area contributed by atoms with E-state index in [-0.39, 0.29) is 16.3 Å². The van der Waals surface area contributed by atoms with Crippen LogP contribution in [0.2, 0.25) is 10.0 Å². The maximum Gasteiger partial charge on any atom is 0.573 e. The van der Waals surface area contributed by atoms with Gasteiger partial charge in [0, 0.05) is 10.7 Å². The summed E-state index contributed by atoms with van der Waals surface area (Å²) in [5, 5.41) is 2.76. The molecule has 0 atom stereocenters.